The second-order valence-electron chi connectivity index (χ2n) is 9.06. The van der Waals surface area contributed by atoms with Crippen molar-refractivity contribution in [1.29, 1.82) is 0 Å². The molecule has 178 valence electrons. The number of nitrogens with zero attached hydrogens (tertiary/aromatic N) is 1. The molecule has 6 nitrogen and oxygen atoms in total. The summed E-state index contributed by atoms with van der Waals surface area (Å²) in [7, 11) is -7.85. The molecule has 2 aromatic rings. The van der Waals surface area contributed by atoms with Crippen LogP contribution in [-0.4, -0.2) is 39.8 Å². The van der Waals surface area contributed by atoms with Crippen molar-refractivity contribution < 1.29 is 25.6 Å². The van der Waals surface area contributed by atoms with Crippen molar-refractivity contribution in [3.63, 3.8) is 0 Å². The van der Waals surface area contributed by atoms with Crippen LogP contribution in [0.25, 0.3) is 0 Å². The van der Waals surface area contributed by atoms with Crippen molar-refractivity contribution in [3.05, 3.63) is 64.7 Å². The highest BCUT2D eigenvalue weighted by atomic mass is 35.5. The molecule has 1 aliphatic heterocycles. The van der Waals surface area contributed by atoms with Crippen molar-refractivity contribution in [2.45, 2.75) is 53.8 Å². The Labute approximate surface area is 197 Å². The number of benzene rings is 2. The number of hydrogen-bond donors (Lipinski definition) is 1. The van der Waals surface area contributed by atoms with Crippen LogP contribution in [0.1, 0.15) is 37.7 Å². The van der Waals surface area contributed by atoms with E-state index >= 15 is 4.39 Å². The van der Waals surface area contributed by atoms with Gasteiger partial charge in [-0.15, -0.1) is 0 Å². The summed E-state index contributed by atoms with van der Waals surface area (Å²) in [5, 5.41) is 0.352. The van der Waals surface area contributed by atoms with Crippen LogP contribution >= 0.6 is 11.6 Å². The summed E-state index contributed by atoms with van der Waals surface area (Å²) in [6.07, 6.45) is 1.69. The highest BCUT2D eigenvalue weighted by Crippen LogP contribution is 2.52. The Bertz CT molecular complexity index is 1300. The lowest BCUT2D eigenvalue weighted by Crippen LogP contribution is -2.62. The van der Waals surface area contributed by atoms with Gasteiger partial charge in [0.05, 0.1) is 4.90 Å². The maximum absolute atomic E-state index is 15.1. The number of fused-ring (bicyclic) bond motifs is 1. The van der Waals surface area contributed by atoms with Crippen LogP contribution in [0.15, 0.2) is 47.4 Å². The van der Waals surface area contributed by atoms with Gasteiger partial charge in [0.2, 0.25) is 0 Å². The lowest BCUT2D eigenvalue weighted by Gasteiger charge is -2.49. The molecule has 2 aliphatic carbocycles. The van der Waals surface area contributed by atoms with E-state index in [9.17, 15) is 21.2 Å². The molecule has 11 heteroatoms. The average Bonchev–Trinajstić information content (AvgIpc) is 3.60. The predicted molar refractivity (Wildman–Crippen MR) is 120 cm³/mol. The third-order valence-electron chi connectivity index (χ3n) is 7.08. The van der Waals surface area contributed by atoms with Crippen molar-refractivity contribution in [2.75, 3.05) is 6.54 Å². The second-order valence-corrected chi connectivity index (χ2v) is 13.4. The zero-order valence-corrected chi connectivity index (χ0v) is 19.9. The van der Waals surface area contributed by atoms with Gasteiger partial charge in [0.25, 0.3) is 10.2 Å². The van der Waals surface area contributed by atoms with Gasteiger partial charge < -0.3 is 0 Å². The molecule has 0 spiro atoms. The quantitative estimate of drug-likeness (QED) is 0.670. The maximum Gasteiger partial charge on any atom is 0.279 e. The molecule has 0 aromatic heterocycles. The van der Waals surface area contributed by atoms with E-state index in [0.29, 0.717) is 5.02 Å². The minimum Gasteiger partial charge on any atom is -0.223 e. The fourth-order valence-electron chi connectivity index (χ4n) is 5.40. The van der Waals surface area contributed by atoms with E-state index in [1.54, 1.807) is 0 Å². The molecular formula is C22H23ClF2N2O4S2. The van der Waals surface area contributed by atoms with Gasteiger partial charge in [-0.1, -0.05) is 11.6 Å². The number of halogens is 3. The molecule has 0 amide bonds. The number of rotatable bonds is 4. The maximum atomic E-state index is 15.1. The molecule has 3 aliphatic rings. The molecule has 33 heavy (non-hydrogen) atoms. The number of nitrogens with one attached hydrogen (secondary N) is 1. The molecule has 1 heterocycles. The Hall–Kier alpha value is -1.59. The minimum atomic E-state index is -4.20. The number of sulfone groups is 1. The summed E-state index contributed by atoms with van der Waals surface area (Å²) in [6.45, 7) is 0.0467. The van der Waals surface area contributed by atoms with Crippen LogP contribution in [0.4, 0.5) is 8.78 Å². The Morgan fingerprint density at radius 2 is 1.76 bits per heavy atom. The monoisotopic (exact) mass is 516 g/mol. The standard InChI is InChI=1S/C22H23ClF2N2O4S2/c23-15-1-6-18(7-2-15)32(28,29)22(19-11-16(24)3-8-20(19)25)10-9-21-14(12-22)13-26-33(30,31)27(21)17-4-5-17/h1-3,6-8,11,14,17,21,26H,4-5,9-10,12-13H2/t14-,21-,22+/m0/s1. The lowest BCUT2D eigenvalue weighted by molar-refractivity contribution is 0.129. The van der Waals surface area contributed by atoms with E-state index < -0.39 is 36.4 Å². The average molecular weight is 517 g/mol. The molecule has 2 aromatic carbocycles. The lowest BCUT2D eigenvalue weighted by atomic mass is 9.74. The zero-order valence-electron chi connectivity index (χ0n) is 17.5. The van der Waals surface area contributed by atoms with Gasteiger partial charge in [-0.2, -0.15) is 12.7 Å². The van der Waals surface area contributed by atoms with Gasteiger partial charge in [0, 0.05) is 29.2 Å². The SMILES string of the molecule is O=S1(=O)NC[C@@H]2C[C@](c3cc(F)ccc3F)(S(=O)(=O)c3ccc(Cl)cc3)CC[C@@H]2N1C1CC1. The van der Waals surface area contributed by atoms with Crippen molar-refractivity contribution in [2.24, 2.45) is 5.92 Å². The predicted octanol–water partition coefficient (Wildman–Crippen LogP) is 3.77. The summed E-state index contributed by atoms with van der Waals surface area (Å²) < 4.78 is 85.0. The fourth-order valence-corrected chi connectivity index (χ4v) is 9.55. The van der Waals surface area contributed by atoms with Crippen molar-refractivity contribution >= 4 is 31.6 Å². The van der Waals surface area contributed by atoms with Crippen molar-refractivity contribution in [3.8, 4) is 0 Å². The Morgan fingerprint density at radius 1 is 1.06 bits per heavy atom. The van der Waals surface area contributed by atoms with Gasteiger partial charge in [0.15, 0.2) is 9.84 Å². The van der Waals surface area contributed by atoms with Crippen LogP contribution in [0, 0.1) is 17.6 Å². The summed E-state index contributed by atoms with van der Waals surface area (Å²) in [5.41, 5.74) is -0.220. The first kappa shape index (κ1) is 23.2. The third kappa shape index (κ3) is 3.80. The first-order valence-electron chi connectivity index (χ1n) is 10.8. The zero-order chi connectivity index (χ0) is 23.6. The van der Waals surface area contributed by atoms with Gasteiger partial charge >= 0.3 is 0 Å². The molecule has 2 saturated carbocycles. The van der Waals surface area contributed by atoms with Gasteiger partial charge in [-0.05, 0) is 80.5 Å². The molecule has 1 saturated heterocycles. The van der Waals surface area contributed by atoms with E-state index in [0.717, 1.165) is 31.0 Å². The van der Waals surface area contributed by atoms with Crippen LogP contribution in [0.3, 0.4) is 0 Å². The molecule has 0 bridgehead atoms. The van der Waals surface area contributed by atoms with E-state index in [1.807, 2.05) is 0 Å². The van der Waals surface area contributed by atoms with E-state index in [1.165, 1.54) is 28.6 Å². The third-order valence-corrected chi connectivity index (χ3v) is 11.5. The summed E-state index contributed by atoms with van der Waals surface area (Å²) >= 11 is 5.94. The molecule has 5 rings (SSSR count). The highest BCUT2D eigenvalue weighted by Gasteiger charge is 2.57. The van der Waals surface area contributed by atoms with E-state index in [-0.39, 0.29) is 54.3 Å². The molecule has 3 fully saturated rings. The first-order valence-corrected chi connectivity index (χ1v) is 14.1. The number of hydrogen-bond acceptors (Lipinski definition) is 4. The summed E-state index contributed by atoms with van der Waals surface area (Å²) in [5.74, 6) is -1.92. The highest BCUT2D eigenvalue weighted by molar-refractivity contribution is 7.92. The van der Waals surface area contributed by atoms with Crippen LogP contribution in [0.2, 0.25) is 5.02 Å². The van der Waals surface area contributed by atoms with Gasteiger partial charge in [0.1, 0.15) is 16.4 Å². The fraction of sp³-hybridized carbons (Fsp3) is 0.455. The Morgan fingerprint density at radius 3 is 2.42 bits per heavy atom. The van der Waals surface area contributed by atoms with E-state index in [2.05, 4.69) is 4.72 Å². The minimum absolute atomic E-state index is 0.0295. The second kappa shape index (κ2) is 7.98. The van der Waals surface area contributed by atoms with Gasteiger partial charge in [-0.25, -0.2) is 21.9 Å². The van der Waals surface area contributed by atoms with Gasteiger partial charge in [-0.3, -0.25) is 0 Å². The van der Waals surface area contributed by atoms with Crippen LogP contribution in [0.5, 0.6) is 0 Å². The summed E-state index contributed by atoms with van der Waals surface area (Å²) in [4.78, 5) is -0.0375. The summed E-state index contributed by atoms with van der Waals surface area (Å²) in [6, 6.07) is 7.99. The molecular weight excluding hydrogens is 494 g/mol. The molecule has 0 unspecified atom stereocenters. The molecule has 1 N–H and O–H groups in total. The smallest absolute Gasteiger partial charge is 0.223 e. The Balaban J connectivity index is 1.64. The molecule has 0 radical (unpaired) electrons. The largest absolute Gasteiger partial charge is 0.279 e. The van der Waals surface area contributed by atoms with Crippen LogP contribution in [-0.2, 0) is 24.8 Å². The first-order chi connectivity index (χ1) is 15.5. The molecule has 3 atom stereocenters. The van der Waals surface area contributed by atoms with Crippen LogP contribution < -0.4 is 4.72 Å². The Kier molecular flexibility index (Phi) is 5.60. The van der Waals surface area contributed by atoms with E-state index in [4.69, 9.17) is 11.6 Å². The van der Waals surface area contributed by atoms with Crippen molar-refractivity contribution in [1.82, 2.24) is 9.03 Å². The normalized spacial score (nSPS) is 30.0. The topological polar surface area (TPSA) is 83.5 Å².